The normalized spacial score (nSPS) is 55.8. The molecule has 0 aliphatic heterocycles. The highest BCUT2D eigenvalue weighted by Crippen LogP contribution is 2.64. The van der Waals surface area contributed by atoms with Crippen molar-refractivity contribution in [1.82, 2.24) is 0 Å². The Morgan fingerprint density at radius 2 is 1.90 bits per heavy atom. The van der Waals surface area contributed by atoms with Gasteiger partial charge in [0, 0.05) is 6.42 Å². The number of Topliss-reactive ketones (excluding diaryl/α,β-unsaturated/α-hetero) is 1. The first-order valence-electron chi connectivity index (χ1n) is 8.84. The Kier molecular flexibility index (Phi) is 2.96. The van der Waals surface area contributed by atoms with E-state index in [1.54, 1.807) is 0 Å². The number of aliphatic hydroxyl groups is 1. The Labute approximate surface area is 128 Å². The van der Waals surface area contributed by atoms with Crippen LogP contribution in [0.3, 0.4) is 0 Å². The van der Waals surface area contributed by atoms with Crippen molar-refractivity contribution in [1.29, 1.82) is 0 Å². The zero-order chi connectivity index (χ0) is 14.8. The first-order valence-corrected chi connectivity index (χ1v) is 8.84. The first kappa shape index (κ1) is 14.0. The fourth-order valence-corrected chi connectivity index (χ4v) is 6.62. The zero-order valence-corrected chi connectivity index (χ0v) is 13.3. The summed E-state index contributed by atoms with van der Waals surface area (Å²) < 4.78 is 0. The van der Waals surface area contributed by atoms with Gasteiger partial charge in [0.05, 0.1) is 0 Å². The number of hydrogen-bond acceptors (Lipinski definition) is 2. The van der Waals surface area contributed by atoms with Crippen LogP contribution in [-0.4, -0.2) is 17.0 Å². The number of rotatable bonds is 0. The maximum atomic E-state index is 11.9. The third kappa shape index (κ3) is 1.78. The molecule has 3 fully saturated rings. The molecule has 3 saturated carbocycles. The van der Waals surface area contributed by atoms with Crippen molar-refractivity contribution >= 4 is 5.78 Å². The smallest absolute Gasteiger partial charge is 0.161 e. The van der Waals surface area contributed by atoms with E-state index in [2.05, 4.69) is 26.0 Å². The molecule has 0 aromatic heterocycles. The van der Waals surface area contributed by atoms with Crippen molar-refractivity contribution < 1.29 is 9.90 Å². The highest BCUT2D eigenvalue weighted by atomic mass is 16.3. The van der Waals surface area contributed by atoms with Crippen LogP contribution in [0.1, 0.15) is 58.8 Å². The molecule has 0 aromatic carbocycles. The average Bonchev–Trinajstić information content (AvgIpc) is 2.85. The Hall–Kier alpha value is -0.630. The van der Waals surface area contributed by atoms with Crippen molar-refractivity contribution in [3.05, 3.63) is 12.2 Å². The lowest BCUT2D eigenvalue weighted by molar-refractivity contribution is -0.159. The molecule has 7 atom stereocenters. The Morgan fingerprint density at radius 3 is 2.71 bits per heavy atom. The van der Waals surface area contributed by atoms with Crippen LogP contribution in [0.4, 0.5) is 0 Å². The summed E-state index contributed by atoms with van der Waals surface area (Å²) in [7, 11) is 0. The maximum absolute atomic E-state index is 11.9. The summed E-state index contributed by atoms with van der Waals surface area (Å²) in [5.74, 6) is 2.65. The number of allylic oxidation sites excluding steroid dienone is 2. The molecule has 21 heavy (non-hydrogen) atoms. The van der Waals surface area contributed by atoms with Crippen molar-refractivity contribution in [2.45, 2.75) is 64.9 Å². The SMILES string of the molecule is C[C@]12CCC(=O)C(O)[C@@H]1CC[C@@H]1[C@@H]2CC[C@]2(C)C=CC[C@@H]12. The van der Waals surface area contributed by atoms with Crippen LogP contribution < -0.4 is 0 Å². The van der Waals surface area contributed by atoms with Gasteiger partial charge >= 0.3 is 0 Å². The predicted octanol–water partition coefficient (Wildman–Crippen LogP) is 3.74. The van der Waals surface area contributed by atoms with Gasteiger partial charge in [-0.25, -0.2) is 0 Å². The molecular weight excluding hydrogens is 260 g/mol. The molecule has 0 heterocycles. The van der Waals surface area contributed by atoms with Crippen LogP contribution in [0.5, 0.6) is 0 Å². The molecule has 4 aliphatic rings. The van der Waals surface area contributed by atoms with E-state index in [0.717, 1.165) is 30.6 Å². The van der Waals surface area contributed by atoms with E-state index in [9.17, 15) is 9.90 Å². The highest BCUT2D eigenvalue weighted by molar-refractivity contribution is 5.84. The third-order valence-electron chi connectivity index (χ3n) is 7.89. The number of fused-ring (bicyclic) bond motifs is 5. The summed E-state index contributed by atoms with van der Waals surface area (Å²) in [6, 6.07) is 0. The van der Waals surface area contributed by atoms with Gasteiger partial charge in [0.1, 0.15) is 6.10 Å². The number of carbonyl (C=O) groups is 1. The second-order valence-electron chi connectivity index (χ2n) is 8.66. The zero-order valence-electron chi connectivity index (χ0n) is 13.3. The van der Waals surface area contributed by atoms with Crippen molar-refractivity contribution in [3.63, 3.8) is 0 Å². The van der Waals surface area contributed by atoms with E-state index in [1.165, 1.54) is 25.7 Å². The van der Waals surface area contributed by atoms with E-state index >= 15 is 0 Å². The largest absolute Gasteiger partial charge is 0.385 e. The topological polar surface area (TPSA) is 37.3 Å². The molecule has 4 rings (SSSR count). The molecule has 1 unspecified atom stereocenters. The van der Waals surface area contributed by atoms with E-state index in [4.69, 9.17) is 0 Å². The molecular formula is C19H28O2. The van der Waals surface area contributed by atoms with Crippen LogP contribution in [0, 0.1) is 34.5 Å². The lowest BCUT2D eigenvalue weighted by Gasteiger charge is -2.60. The van der Waals surface area contributed by atoms with E-state index in [1.807, 2.05) is 0 Å². The number of carbonyl (C=O) groups excluding carboxylic acids is 1. The summed E-state index contributed by atoms with van der Waals surface area (Å²) in [6.07, 6.45) is 11.9. The molecule has 2 heteroatoms. The monoisotopic (exact) mass is 288 g/mol. The molecule has 0 radical (unpaired) electrons. The lowest BCUT2D eigenvalue weighted by atomic mass is 9.45. The van der Waals surface area contributed by atoms with Gasteiger partial charge in [-0.15, -0.1) is 0 Å². The molecule has 0 amide bonds. The maximum Gasteiger partial charge on any atom is 0.161 e. The van der Waals surface area contributed by atoms with Crippen LogP contribution >= 0.6 is 0 Å². The summed E-state index contributed by atoms with van der Waals surface area (Å²) in [5.41, 5.74) is 0.619. The van der Waals surface area contributed by atoms with Gasteiger partial charge in [0.2, 0.25) is 0 Å². The van der Waals surface area contributed by atoms with Crippen LogP contribution in [-0.2, 0) is 4.79 Å². The van der Waals surface area contributed by atoms with Gasteiger partial charge in [0.15, 0.2) is 5.78 Å². The molecule has 116 valence electrons. The van der Waals surface area contributed by atoms with Gasteiger partial charge in [-0.2, -0.15) is 0 Å². The van der Waals surface area contributed by atoms with Gasteiger partial charge < -0.3 is 5.11 Å². The molecule has 2 nitrogen and oxygen atoms in total. The van der Waals surface area contributed by atoms with Crippen molar-refractivity contribution in [2.75, 3.05) is 0 Å². The molecule has 0 saturated heterocycles. The number of hydrogen-bond donors (Lipinski definition) is 1. The van der Waals surface area contributed by atoms with E-state index in [-0.39, 0.29) is 17.1 Å². The highest BCUT2D eigenvalue weighted by Gasteiger charge is 2.58. The lowest BCUT2D eigenvalue weighted by Crippen LogP contribution is -2.57. The van der Waals surface area contributed by atoms with Gasteiger partial charge in [-0.05, 0) is 73.0 Å². The van der Waals surface area contributed by atoms with Gasteiger partial charge in [0.25, 0.3) is 0 Å². The average molecular weight is 288 g/mol. The minimum Gasteiger partial charge on any atom is -0.385 e. The summed E-state index contributed by atoms with van der Waals surface area (Å²) >= 11 is 0. The fraction of sp³-hybridized carbons (Fsp3) is 0.842. The van der Waals surface area contributed by atoms with Gasteiger partial charge in [-0.1, -0.05) is 26.0 Å². The molecule has 0 bridgehead atoms. The molecule has 0 spiro atoms. The summed E-state index contributed by atoms with van der Waals surface area (Å²) in [6.45, 7) is 4.83. The Bertz CT molecular complexity index is 496. The number of ketones is 1. The van der Waals surface area contributed by atoms with Crippen molar-refractivity contribution in [3.8, 4) is 0 Å². The molecule has 4 aliphatic carbocycles. The fourth-order valence-electron chi connectivity index (χ4n) is 6.62. The Balaban J connectivity index is 1.66. The minimum atomic E-state index is -0.681. The quantitative estimate of drug-likeness (QED) is 0.690. The summed E-state index contributed by atoms with van der Waals surface area (Å²) in [5, 5.41) is 10.4. The second kappa shape index (κ2) is 4.44. The third-order valence-corrected chi connectivity index (χ3v) is 7.89. The van der Waals surface area contributed by atoms with Crippen molar-refractivity contribution in [2.24, 2.45) is 34.5 Å². The second-order valence-corrected chi connectivity index (χ2v) is 8.66. The summed E-state index contributed by atoms with van der Waals surface area (Å²) in [4.78, 5) is 11.9. The predicted molar refractivity (Wildman–Crippen MR) is 82.6 cm³/mol. The van der Waals surface area contributed by atoms with E-state index < -0.39 is 6.10 Å². The van der Waals surface area contributed by atoms with Crippen LogP contribution in [0.2, 0.25) is 0 Å². The van der Waals surface area contributed by atoms with E-state index in [0.29, 0.717) is 11.8 Å². The molecule has 1 N–H and O–H groups in total. The first-order chi connectivity index (χ1) is 9.96. The van der Waals surface area contributed by atoms with Crippen LogP contribution in [0.15, 0.2) is 12.2 Å². The van der Waals surface area contributed by atoms with Crippen LogP contribution in [0.25, 0.3) is 0 Å². The minimum absolute atomic E-state index is 0.0964. The Morgan fingerprint density at radius 1 is 1.10 bits per heavy atom. The number of aliphatic hydroxyl groups excluding tert-OH is 1. The molecule has 0 aromatic rings. The van der Waals surface area contributed by atoms with Gasteiger partial charge in [-0.3, -0.25) is 4.79 Å². The standard InChI is InChI=1S/C19H28O2/c1-18-9-3-4-13(18)12-5-6-15-17(21)16(20)8-11-19(15,2)14(12)7-10-18/h3,9,12-15,17,21H,4-8,10-11H2,1-2H3/t12-,13-,14-,15-,17?,18-,19+/m0/s1.